The second kappa shape index (κ2) is 6.93. The molecule has 0 aromatic rings. The molecule has 0 rings (SSSR count). The summed E-state index contributed by atoms with van der Waals surface area (Å²) in [5.74, 6) is -0.0526. The lowest BCUT2D eigenvalue weighted by Gasteiger charge is -2.20. The SMILES string of the molecule is CCN(CCCCl)C(=O)CCC(F)(F)F. The van der Waals surface area contributed by atoms with Crippen LogP contribution in [0, 0.1) is 0 Å². The Morgan fingerprint density at radius 3 is 2.40 bits per heavy atom. The lowest BCUT2D eigenvalue weighted by atomic mass is 10.2. The molecule has 0 spiro atoms. The van der Waals surface area contributed by atoms with Crippen LogP contribution < -0.4 is 0 Å². The van der Waals surface area contributed by atoms with Crippen molar-refractivity contribution in [3.8, 4) is 0 Å². The molecule has 15 heavy (non-hydrogen) atoms. The molecule has 0 heterocycles. The van der Waals surface area contributed by atoms with E-state index in [1.165, 1.54) is 4.90 Å². The smallest absolute Gasteiger partial charge is 0.343 e. The van der Waals surface area contributed by atoms with Gasteiger partial charge >= 0.3 is 6.18 Å². The Hall–Kier alpha value is -0.450. The second-order valence-corrected chi connectivity index (χ2v) is 3.51. The highest BCUT2D eigenvalue weighted by molar-refractivity contribution is 6.17. The van der Waals surface area contributed by atoms with Crippen LogP contribution in [0.5, 0.6) is 0 Å². The molecule has 0 aromatic carbocycles. The standard InChI is InChI=1S/C9H15ClF3NO/c1-2-14(7-3-6-10)8(15)4-5-9(11,12)13/h2-7H2,1H3. The Kier molecular flexibility index (Phi) is 6.72. The molecule has 2 nitrogen and oxygen atoms in total. The molecule has 0 aliphatic rings. The molecule has 0 saturated heterocycles. The van der Waals surface area contributed by atoms with Crippen LogP contribution in [0.15, 0.2) is 0 Å². The van der Waals surface area contributed by atoms with Crippen LogP contribution in [0.1, 0.15) is 26.2 Å². The molecular formula is C9H15ClF3NO. The predicted molar refractivity (Wildman–Crippen MR) is 52.9 cm³/mol. The quantitative estimate of drug-likeness (QED) is 0.659. The Morgan fingerprint density at radius 1 is 1.40 bits per heavy atom. The first-order valence-electron chi connectivity index (χ1n) is 4.81. The lowest BCUT2D eigenvalue weighted by molar-refractivity contribution is -0.149. The van der Waals surface area contributed by atoms with Crippen LogP contribution in [-0.4, -0.2) is 36.0 Å². The molecule has 0 unspecified atom stereocenters. The van der Waals surface area contributed by atoms with Crippen molar-refractivity contribution in [3.63, 3.8) is 0 Å². The average Bonchev–Trinajstić information content (AvgIpc) is 2.15. The number of amides is 1. The number of halogens is 4. The van der Waals surface area contributed by atoms with E-state index in [1.807, 2.05) is 0 Å². The van der Waals surface area contributed by atoms with Gasteiger partial charge in [0.15, 0.2) is 0 Å². The number of hydrogen-bond donors (Lipinski definition) is 0. The van der Waals surface area contributed by atoms with Crippen molar-refractivity contribution in [1.29, 1.82) is 0 Å². The number of carbonyl (C=O) groups is 1. The monoisotopic (exact) mass is 245 g/mol. The van der Waals surface area contributed by atoms with E-state index in [9.17, 15) is 18.0 Å². The highest BCUT2D eigenvalue weighted by Gasteiger charge is 2.28. The summed E-state index contributed by atoms with van der Waals surface area (Å²) in [5.41, 5.74) is 0. The van der Waals surface area contributed by atoms with Crippen molar-refractivity contribution in [1.82, 2.24) is 4.90 Å². The number of rotatable bonds is 6. The van der Waals surface area contributed by atoms with Gasteiger partial charge in [-0.2, -0.15) is 13.2 Å². The summed E-state index contributed by atoms with van der Waals surface area (Å²) >= 11 is 5.44. The molecule has 6 heteroatoms. The van der Waals surface area contributed by atoms with E-state index in [4.69, 9.17) is 11.6 Å². The summed E-state index contributed by atoms with van der Waals surface area (Å²) in [5, 5.41) is 0. The molecule has 1 amide bonds. The third kappa shape index (κ3) is 7.48. The van der Waals surface area contributed by atoms with Crippen molar-refractivity contribution in [3.05, 3.63) is 0 Å². The van der Waals surface area contributed by atoms with E-state index in [-0.39, 0.29) is 0 Å². The van der Waals surface area contributed by atoms with E-state index in [1.54, 1.807) is 6.92 Å². The zero-order valence-corrected chi connectivity index (χ0v) is 9.37. The van der Waals surface area contributed by atoms with E-state index in [0.717, 1.165) is 0 Å². The Bertz CT molecular complexity index is 196. The molecule has 0 radical (unpaired) electrons. The Morgan fingerprint density at radius 2 is 2.00 bits per heavy atom. The summed E-state index contributed by atoms with van der Waals surface area (Å²) in [6.45, 7) is 2.59. The Labute approximate surface area is 92.4 Å². The van der Waals surface area contributed by atoms with Crippen molar-refractivity contribution >= 4 is 17.5 Å². The van der Waals surface area contributed by atoms with E-state index < -0.39 is 24.9 Å². The predicted octanol–water partition coefficient (Wildman–Crippen LogP) is 2.81. The fraction of sp³-hybridized carbons (Fsp3) is 0.889. The van der Waals surface area contributed by atoms with Gasteiger partial charge in [0.1, 0.15) is 0 Å². The average molecular weight is 246 g/mol. The third-order valence-corrected chi connectivity index (χ3v) is 2.19. The topological polar surface area (TPSA) is 20.3 Å². The molecule has 0 atom stereocenters. The van der Waals surface area contributed by atoms with Gasteiger partial charge in [-0.15, -0.1) is 11.6 Å². The van der Waals surface area contributed by atoms with Crippen LogP contribution in [0.25, 0.3) is 0 Å². The third-order valence-electron chi connectivity index (χ3n) is 1.92. The summed E-state index contributed by atoms with van der Waals surface area (Å²) in [6.07, 6.45) is -5.18. The zero-order valence-electron chi connectivity index (χ0n) is 8.61. The van der Waals surface area contributed by atoms with Crippen LogP contribution in [0.3, 0.4) is 0 Å². The summed E-state index contributed by atoms with van der Waals surface area (Å²) in [7, 11) is 0. The van der Waals surface area contributed by atoms with E-state index >= 15 is 0 Å². The van der Waals surface area contributed by atoms with Crippen molar-refractivity contribution in [2.75, 3.05) is 19.0 Å². The maximum absolute atomic E-state index is 11.8. The molecular weight excluding hydrogens is 231 g/mol. The van der Waals surface area contributed by atoms with Crippen molar-refractivity contribution in [2.24, 2.45) is 0 Å². The molecule has 0 bridgehead atoms. The summed E-state index contributed by atoms with van der Waals surface area (Å²) < 4.78 is 35.5. The first-order valence-corrected chi connectivity index (χ1v) is 5.34. The maximum atomic E-state index is 11.8. The molecule has 0 aliphatic heterocycles. The first kappa shape index (κ1) is 14.6. The zero-order chi connectivity index (χ0) is 11.9. The Balaban J connectivity index is 3.94. The van der Waals surface area contributed by atoms with Gasteiger partial charge in [0.2, 0.25) is 5.91 Å². The molecule has 90 valence electrons. The highest BCUT2D eigenvalue weighted by Crippen LogP contribution is 2.21. The normalized spacial score (nSPS) is 11.5. The second-order valence-electron chi connectivity index (χ2n) is 3.13. The maximum Gasteiger partial charge on any atom is 0.389 e. The number of alkyl halides is 4. The largest absolute Gasteiger partial charge is 0.389 e. The highest BCUT2D eigenvalue weighted by atomic mass is 35.5. The molecule has 0 fully saturated rings. The lowest BCUT2D eigenvalue weighted by Crippen LogP contribution is -2.32. The minimum atomic E-state index is -4.26. The van der Waals surface area contributed by atoms with E-state index in [2.05, 4.69) is 0 Å². The van der Waals surface area contributed by atoms with Crippen LogP contribution in [0.2, 0.25) is 0 Å². The summed E-state index contributed by atoms with van der Waals surface area (Å²) in [6, 6.07) is 0. The summed E-state index contributed by atoms with van der Waals surface area (Å²) in [4.78, 5) is 12.7. The molecule has 0 aliphatic carbocycles. The number of nitrogens with zero attached hydrogens (tertiary/aromatic N) is 1. The van der Waals surface area contributed by atoms with Crippen LogP contribution >= 0.6 is 11.6 Å². The van der Waals surface area contributed by atoms with Gasteiger partial charge in [-0.05, 0) is 13.3 Å². The van der Waals surface area contributed by atoms with Gasteiger partial charge in [-0.3, -0.25) is 4.79 Å². The molecule has 0 N–H and O–H groups in total. The fourth-order valence-electron chi connectivity index (χ4n) is 1.12. The van der Waals surface area contributed by atoms with Gasteiger partial charge in [-0.1, -0.05) is 0 Å². The van der Waals surface area contributed by atoms with Crippen LogP contribution in [-0.2, 0) is 4.79 Å². The fourth-order valence-corrected chi connectivity index (χ4v) is 1.24. The minimum Gasteiger partial charge on any atom is -0.343 e. The molecule has 0 aromatic heterocycles. The van der Waals surface area contributed by atoms with Gasteiger partial charge in [0, 0.05) is 25.4 Å². The minimum absolute atomic E-state index is 0.406. The van der Waals surface area contributed by atoms with Crippen LogP contribution in [0.4, 0.5) is 13.2 Å². The number of hydrogen-bond acceptors (Lipinski definition) is 1. The van der Waals surface area contributed by atoms with Gasteiger partial charge in [-0.25, -0.2) is 0 Å². The van der Waals surface area contributed by atoms with Gasteiger partial charge in [0.05, 0.1) is 6.42 Å². The molecule has 0 saturated carbocycles. The van der Waals surface area contributed by atoms with Crippen molar-refractivity contribution < 1.29 is 18.0 Å². The first-order chi connectivity index (χ1) is 6.90. The number of carbonyl (C=O) groups excluding carboxylic acids is 1. The van der Waals surface area contributed by atoms with E-state index in [0.29, 0.717) is 25.4 Å². The van der Waals surface area contributed by atoms with Gasteiger partial charge < -0.3 is 4.90 Å². The van der Waals surface area contributed by atoms with Crippen molar-refractivity contribution in [2.45, 2.75) is 32.4 Å². The van der Waals surface area contributed by atoms with Gasteiger partial charge in [0.25, 0.3) is 0 Å².